The maximum Gasteiger partial charge on any atom is 0.321 e. The van der Waals surface area contributed by atoms with Crippen LogP contribution in [-0.2, 0) is 9.53 Å². The summed E-state index contributed by atoms with van der Waals surface area (Å²) >= 11 is 0. The molecule has 1 aromatic carbocycles. The minimum atomic E-state index is -0.833. The maximum atomic E-state index is 12.7. The second-order valence-electron chi connectivity index (χ2n) is 7.34. The van der Waals surface area contributed by atoms with E-state index in [-0.39, 0.29) is 12.1 Å². The average Bonchev–Trinajstić information content (AvgIpc) is 2.73. The number of urea groups is 1. The zero-order valence-corrected chi connectivity index (χ0v) is 18.2. The minimum absolute atomic E-state index is 0.0884. The first kappa shape index (κ1) is 23.8. The number of piperazine rings is 1. The first-order valence-corrected chi connectivity index (χ1v) is 10.2. The molecule has 0 unspecified atom stereocenters. The number of methoxy groups -OCH3 is 2. The van der Waals surface area contributed by atoms with Crippen LogP contribution in [0.5, 0.6) is 11.5 Å². The number of benzene rings is 1. The smallest absolute Gasteiger partial charge is 0.321 e. The van der Waals surface area contributed by atoms with Crippen molar-refractivity contribution in [3.05, 3.63) is 18.2 Å². The summed E-state index contributed by atoms with van der Waals surface area (Å²) in [6.45, 7) is 7.12. The molecule has 0 spiro atoms. The van der Waals surface area contributed by atoms with E-state index in [9.17, 15) is 4.79 Å². The van der Waals surface area contributed by atoms with E-state index in [0.717, 1.165) is 39.5 Å². The van der Waals surface area contributed by atoms with Crippen LogP contribution in [0.3, 0.4) is 0 Å². The van der Waals surface area contributed by atoms with Crippen LogP contribution in [0.4, 0.5) is 10.5 Å². The Hall–Kier alpha value is -2.52. The SMILES string of the molecule is CC(=O)O.CCC[C@H]1COC[C@H]2CN(C(=O)Nc3ccc(OC)c(OC)c3)CCN12. The Bertz CT molecular complexity index is 708. The van der Waals surface area contributed by atoms with Crippen LogP contribution in [-0.4, -0.2) is 86.1 Å². The normalized spacial score (nSPS) is 21.0. The highest BCUT2D eigenvalue weighted by atomic mass is 16.5. The van der Waals surface area contributed by atoms with Crippen LogP contribution in [0.25, 0.3) is 0 Å². The number of carboxylic acid groups (broad SMARTS) is 1. The van der Waals surface area contributed by atoms with Gasteiger partial charge in [-0.15, -0.1) is 0 Å². The largest absolute Gasteiger partial charge is 0.493 e. The Morgan fingerprint density at radius 3 is 2.53 bits per heavy atom. The number of anilines is 1. The number of nitrogens with zero attached hydrogens (tertiary/aromatic N) is 2. The van der Waals surface area contributed by atoms with E-state index >= 15 is 0 Å². The van der Waals surface area contributed by atoms with Gasteiger partial charge in [-0.25, -0.2) is 4.79 Å². The number of amides is 2. The van der Waals surface area contributed by atoms with Crippen molar-refractivity contribution in [2.24, 2.45) is 0 Å². The summed E-state index contributed by atoms with van der Waals surface area (Å²) in [5.74, 6) is 0.402. The van der Waals surface area contributed by atoms with Crippen molar-refractivity contribution >= 4 is 17.7 Å². The third kappa shape index (κ3) is 6.50. The standard InChI is InChI=1S/C19H29N3O4.C2H4O2/c1-4-5-15-12-26-13-16-11-21(8-9-22(15)16)19(23)20-14-6-7-17(24-2)18(10-14)25-3;1-2(3)4/h6-7,10,15-16H,4-5,8-9,11-13H2,1-3H3,(H,20,23);1H3,(H,3,4)/t15-,16+;/m0./s1. The highest BCUT2D eigenvalue weighted by Gasteiger charge is 2.36. The number of carbonyl (C=O) groups is 2. The molecule has 2 N–H and O–H groups in total. The van der Waals surface area contributed by atoms with Crippen molar-refractivity contribution < 1.29 is 28.9 Å². The lowest BCUT2D eigenvalue weighted by molar-refractivity contribution is -0.134. The second-order valence-corrected chi connectivity index (χ2v) is 7.34. The number of hydrogen-bond donors (Lipinski definition) is 2. The summed E-state index contributed by atoms with van der Waals surface area (Å²) in [7, 11) is 3.17. The lowest BCUT2D eigenvalue weighted by atomic mass is 10.0. The van der Waals surface area contributed by atoms with Gasteiger partial charge in [0, 0.05) is 44.4 Å². The van der Waals surface area contributed by atoms with Crippen molar-refractivity contribution in [2.75, 3.05) is 52.4 Å². The summed E-state index contributed by atoms with van der Waals surface area (Å²) in [6, 6.07) is 6.05. The summed E-state index contributed by atoms with van der Waals surface area (Å²) in [4.78, 5) is 26.1. The van der Waals surface area contributed by atoms with Gasteiger partial charge < -0.3 is 29.5 Å². The molecule has 2 saturated heterocycles. The van der Waals surface area contributed by atoms with Gasteiger partial charge in [-0.3, -0.25) is 9.69 Å². The molecule has 2 amide bonds. The molecule has 2 aliphatic heterocycles. The van der Waals surface area contributed by atoms with E-state index in [0.29, 0.717) is 36.4 Å². The maximum absolute atomic E-state index is 12.7. The van der Waals surface area contributed by atoms with E-state index in [1.807, 2.05) is 11.0 Å². The monoisotopic (exact) mass is 423 g/mol. The topological polar surface area (TPSA) is 101 Å². The van der Waals surface area contributed by atoms with Crippen LogP contribution < -0.4 is 14.8 Å². The van der Waals surface area contributed by atoms with Gasteiger partial charge in [-0.05, 0) is 18.6 Å². The van der Waals surface area contributed by atoms with Crippen LogP contribution in [0.15, 0.2) is 18.2 Å². The van der Waals surface area contributed by atoms with Gasteiger partial charge in [0.05, 0.1) is 33.5 Å². The summed E-state index contributed by atoms with van der Waals surface area (Å²) in [6.07, 6.45) is 2.30. The number of rotatable bonds is 5. The lowest BCUT2D eigenvalue weighted by Crippen LogP contribution is -2.63. The molecule has 2 fully saturated rings. The molecule has 3 rings (SSSR count). The van der Waals surface area contributed by atoms with Crippen molar-refractivity contribution in [2.45, 2.75) is 38.8 Å². The third-order valence-electron chi connectivity index (χ3n) is 5.16. The number of hydrogen-bond acceptors (Lipinski definition) is 6. The molecule has 0 radical (unpaired) electrons. The zero-order valence-electron chi connectivity index (χ0n) is 18.2. The molecule has 9 nitrogen and oxygen atoms in total. The molecule has 0 aromatic heterocycles. The quantitative estimate of drug-likeness (QED) is 0.750. The average molecular weight is 424 g/mol. The van der Waals surface area contributed by atoms with Gasteiger partial charge in [-0.2, -0.15) is 0 Å². The predicted molar refractivity (Wildman–Crippen MR) is 113 cm³/mol. The molecule has 30 heavy (non-hydrogen) atoms. The lowest BCUT2D eigenvalue weighted by Gasteiger charge is -2.47. The summed E-state index contributed by atoms with van der Waals surface area (Å²) in [5.41, 5.74) is 0.693. The molecular formula is C21H33N3O6. The van der Waals surface area contributed by atoms with Crippen LogP contribution in [0, 0.1) is 0 Å². The number of fused-ring (bicyclic) bond motifs is 1. The predicted octanol–water partition coefficient (Wildman–Crippen LogP) is 2.51. The molecule has 2 aliphatic rings. The minimum Gasteiger partial charge on any atom is -0.493 e. The highest BCUT2D eigenvalue weighted by molar-refractivity contribution is 5.89. The van der Waals surface area contributed by atoms with Gasteiger partial charge in [0.2, 0.25) is 0 Å². The van der Waals surface area contributed by atoms with Crippen molar-refractivity contribution in [3.63, 3.8) is 0 Å². The Balaban J connectivity index is 0.000000735. The van der Waals surface area contributed by atoms with Gasteiger partial charge >= 0.3 is 6.03 Å². The molecule has 0 aliphatic carbocycles. The molecule has 0 saturated carbocycles. The molecular weight excluding hydrogens is 390 g/mol. The molecule has 1 aromatic rings. The Labute approximate surface area is 177 Å². The van der Waals surface area contributed by atoms with Crippen LogP contribution in [0.2, 0.25) is 0 Å². The van der Waals surface area contributed by atoms with Crippen molar-refractivity contribution in [1.82, 2.24) is 9.80 Å². The van der Waals surface area contributed by atoms with Gasteiger partial charge in [0.1, 0.15) is 0 Å². The fourth-order valence-electron chi connectivity index (χ4n) is 3.82. The first-order valence-electron chi connectivity index (χ1n) is 10.2. The molecule has 9 heteroatoms. The zero-order chi connectivity index (χ0) is 22.1. The number of carbonyl (C=O) groups excluding carboxylic acids is 1. The Morgan fingerprint density at radius 2 is 1.90 bits per heavy atom. The van der Waals surface area contributed by atoms with E-state index in [2.05, 4.69) is 17.1 Å². The van der Waals surface area contributed by atoms with Gasteiger partial charge in [-0.1, -0.05) is 13.3 Å². The van der Waals surface area contributed by atoms with E-state index in [4.69, 9.17) is 24.1 Å². The number of nitrogens with one attached hydrogen (secondary N) is 1. The fourth-order valence-corrected chi connectivity index (χ4v) is 3.82. The third-order valence-corrected chi connectivity index (χ3v) is 5.16. The number of ether oxygens (including phenoxy) is 3. The number of morpholine rings is 1. The highest BCUT2D eigenvalue weighted by Crippen LogP contribution is 2.30. The Morgan fingerprint density at radius 1 is 1.20 bits per heavy atom. The fraction of sp³-hybridized carbons (Fsp3) is 0.619. The number of carboxylic acids is 1. The summed E-state index contributed by atoms with van der Waals surface area (Å²) in [5, 5.41) is 10.4. The summed E-state index contributed by atoms with van der Waals surface area (Å²) < 4.78 is 16.3. The van der Waals surface area contributed by atoms with Crippen molar-refractivity contribution in [3.8, 4) is 11.5 Å². The molecule has 2 heterocycles. The van der Waals surface area contributed by atoms with E-state index < -0.39 is 5.97 Å². The molecule has 0 bridgehead atoms. The van der Waals surface area contributed by atoms with E-state index in [1.54, 1.807) is 26.4 Å². The van der Waals surface area contributed by atoms with Crippen LogP contribution in [0.1, 0.15) is 26.7 Å². The number of aliphatic carboxylic acids is 1. The second kappa shape index (κ2) is 11.6. The van der Waals surface area contributed by atoms with Crippen LogP contribution >= 0.6 is 0 Å². The first-order chi connectivity index (χ1) is 14.4. The molecule has 2 atom stereocenters. The Kier molecular flexibility index (Phi) is 9.19. The molecule has 168 valence electrons. The van der Waals surface area contributed by atoms with E-state index in [1.165, 1.54) is 0 Å². The van der Waals surface area contributed by atoms with Gasteiger partial charge in [0.15, 0.2) is 11.5 Å². The van der Waals surface area contributed by atoms with Gasteiger partial charge in [0.25, 0.3) is 5.97 Å². The van der Waals surface area contributed by atoms with Crippen molar-refractivity contribution in [1.29, 1.82) is 0 Å².